The minimum Gasteiger partial charge on any atom is -0.491 e. The average molecular weight is 366 g/mol. The van der Waals surface area contributed by atoms with Crippen molar-refractivity contribution in [2.45, 2.75) is 13.0 Å². The molecule has 8 nitrogen and oxygen atoms in total. The molecule has 0 fully saturated rings. The van der Waals surface area contributed by atoms with Gasteiger partial charge in [-0.15, -0.1) is 0 Å². The predicted molar refractivity (Wildman–Crippen MR) is 102 cm³/mol. The predicted octanol–water partition coefficient (Wildman–Crippen LogP) is 3.73. The van der Waals surface area contributed by atoms with E-state index in [-0.39, 0.29) is 24.4 Å². The van der Waals surface area contributed by atoms with Crippen LogP contribution in [0.5, 0.6) is 5.75 Å². The normalized spacial score (nSPS) is 11.6. The van der Waals surface area contributed by atoms with E-state index in [9.17, 15) is 14.9 Å². The molecule has 0 aliphatic rings. The lowest BCUT2D eigenvalue weighted by atomic mass is 10.1. The zero-order valence-corrected chi connectivity index (χ0v) is 14.6. The molecule has 27 heavy (non-hydrogen) atoms. The Morgan fingerprint density at radius 2 is 2.00 bits per heavy atom. The molecule has 0 radical (unpaired) electrons. The van der Waals surface area contributed by atoms with Crippen molar-refractivity contribution in [3.63, 3.8) is 0 Å². The number of anilines is 1. The molecular weight excluding hydrogens is 348 g/mol. The summed E-state index contributed by atoms with van der Waals surface area (Å²) in [5, 5.41) is 18.1. The van der Waals surface area contributed by atoms with Crippen LogP contribution in [-0.4, -0.2) is 28.6 Å². The zero-order chi connectivity index (χ0) is 19.2. The number of hydrogen-bond donors (Lipinski definition) is 2. The molecule has 0 bridgehead atoms. The maximum Gasteiger partial charge on any atom is 0.319 e. The summed E-state index contributed by atoms with van der Waals surface area (Å²) in [6.07, 6.45) is 3.41. The van der Waals surface area contributed by atoms with Crippen molar-refractivity contribution < 1.29 is 14.5 Å². The van der Waals surface area contributed by atoms with Crippen molar-refractivity contribution in [3.05, 3.63) is 71.0 Å². The Labute approximate surface area is 155 Å². The van der Waals surface area contributed by atoms with E-state index < -0.39 is 4.92 Å². The van der Waals surface area contributed by atoms with Gasteiger partial charge in [0, 0.05) is 35.3 Å². The number of carbonyl (C=O) groups excluding carboxylic acids is 1. The van der Waals surface area contributed by atoms with Crippen LogP contribution in [0.15, 0.2) is 60.9 Å². The first-order valence-electron chi connectivity index (χ1n) is 8.30. The highest BCUT2D eigenvalue weighted by Crippen LogP contribution is 2.22. The van der Waals surface area contributed by atoms with Gasteiger partial charge in [0.1, 0.15) is 12.4 Å². The number of benzene rings is 2. The van der Waals surface area contributed by atoms with Crippen LogP contribution in [0.2, 0.25) is 0 Å². The highest BCUT2D eigenvalue weighted by Gasteiger charge is 2.11. The first kappa shape index (κ1) is 18.1. The molecule has 0 spiro atoms. The largest absolute Gasteiger partial charge is 0.491 e. The fraction of sp³-hybridized carbons (Fsp3) is 0.158. The van der Waals surface area contributed by atoms with E-state index in [1.54, 1.807) is 19.3 Å². The number of rotatable bonds is 6. The summed E-state index contributed by atoms with van der Waals surface area (Å²) in [5.41, 5.74) is 0.689. The lowest BCUT2D eigenvalue weighted by Crippen LogP contribution is -2.39. The molecule has 1 atom stereocenters. The summed E-state index contributed by atoms with van der Waals surface area (Å²) in [6, 6.07) is 12.6. The quantitative estimate of drug-likeness (QED) is 0.511. The van der Waals surface area contributed by atoms with Crippen molar-refractivity contribution in [1.29, 1.82) is 0 Å². The molecule has 3 rings (SSSR count). The third-order valence-corrected chi connectivity index (χ3v) is 3.85. The number of fused-ring (bicyclic) bond motifs is 1. The first-order chi connectivity index (χ1) is 13.0. The van der Waals surface area contributed by atoms with Crippen LogP contribution in [0.3, 0.4) is 0 Å². The Kier molecular flexibility index (Phi) is 5.46. The van der Waals surface area contributed by atoms with Crippen LogP contribution in [-0.2, 0) is 0 Å². The maximum absolute atomic E-state index is 12.2. The topological polar surface area (TPSA) is 106 Å². The second-order valence-corrected chi connectivity index (χ2v) is 5.96. The molecule has 0 unspecified atom stereocenters. The number of nitro benzene ring substituents is 1. The van der Waals surface area contributed by atoms with Crippen LogP contribution in [0.1, 0.15) is 6.92 Å². The van der Waals surface area contributed by atoms with E-state index in [4.69, 9.17) is 4.74 Å². The van der Waals surface area contributed by atoms with E-state index >= 15 is 0 Å². The fourth-order valence-electron chi connectivity index (χ4n) is 2.54. The summed E-state index contributed by atoms with van der Waals surface area (Å²) in [7, 11) is 0. The molecule has 1 aromatic heterocycles. The fourth-order valence-corrected chi connectivity index (χ4v) is 2.54. The Hall–Kier alpha value is -3.68. The standard InChI is InChI=1S/C19H18N4O4/c1-13(12-27-16-7-5-15(6-8-16)23(25)26)21-19(24)22-18-4-2-3-14-11-20-10-9-17(14)18/h2-11,13H,12H2,1H3,(H2,21,22,24)/t13-/m0/s1. The first-order valence-corrected chi connectivity index (χ1v) is 8.30. The maximum atomic E-state index is 12.2. The second kappa shape index (κ2) is 8.13. The van der Waals surface area contributed by atoms with Crippen LogP contribution in [0.25, 0.3) is 10.8 Å². The van der Waals surface area contributed by atoms with Crippen LogP contribution in [0.4, 0.5) is 16.2 Å². The summed E-state index contributed by atoms with van der Waals surface area (Å²) in [5.74, 6) is 0.496. The number of pyridine rings is 1. The van der Waals surface area contributed by atoms with E-state index in [0.29, 0.717) is 11.4 Å². The molecule has 138 valence electrons. The summed E-state index contributed by atoms with van der Waals surface area (Å²) in [6.45, 7) is 2.03. The van der Waals surface area contributed by atoms with Gasteiger partial charge in [0.2, 0.25) is 0 Å². The van der Waals surface area contributed by atoms with Gasteiger partial charge in [-0.25, -0.2) is 4.79 Å². The van der Waals surface area contributed by atoms with Gasteiger partial charge in [0.05, 0.1) is 16.7 Å². The number of non-ortho nitro benzene ring substituents is 1. The number of nitro groups is 1. The van der Waals surface area contributed by atoms with Gasteiger partial charge in [-0.2, -0.15) is 0 Å². The monoisotopic (exact) mass is 366 g/mol. The van der Waals surface area contributed by atoms with Crippen molar-refractivity contribution in [2.24, 2.45) is 0 Å². The van der Waals surface area contributed by atoms with Gasteiger partial charge < -0.3 is 15.4 Å². The van der Waals surface area contributed by atoms with Crippen LogP contribution >= 0.6 is 0 Å². The van der Waals surface area contributed by atoms with Gasteiger partial charge in [-0.05, 0) is 31.2 Å². The molecule has 0 aliphatic carbocycles. The molecule has 2 amide bonds. The lowest BCUT2D eigenvalue weighted by Gasteiger charge is -2.16. The van der Waals surface area contributed by atoms with Crippen LogP contribution < -0.4 is 15.4 Å². The highest BCUT2D eigenvalue weighted by molar-refractivity contribution is 6.01. The molecule has 1 heterocycles. The minimum atomic E-state index is -0.471. The third kappa shape index (κ3) is 4.69. The Balaban J connectivity index is 1.53. The smallest absolute Gasteiger partial charge is 0.319 e. The number of nitrogens with one attached hydrogen (secondary N) is 2. The van der Waals surface area contributed by atoms with E-state index in [1.807, 2.05) is 24.3 Å². The average Bonchev–Trinajstić information content (AvgIpc) is 2.67. The Morgan fingerprint density at radius 1 is 1.22 bits per heavy atom. The van der Waals surface area contributed by atoms with Gasteiger partial charge in [0.25, 0.3) is 5.69 Å². The highest BCUT2D eigenvalue weighted by atomic mass is 16.6. The zero-order valence-electron chi connectivity index (χ0n) is 14.6. The van der Waals surface area contributed by atoms with Gasteiger partial charge in [0.15, 0.2) is 0 Å². The molecular formula is C19H18N4O4. The number of carbonyl (C=O) groups is 1. The molecule has 0 saturated carbocycles. The molecule has 0 aliphatic heterocycles. The van der Waals surface area contributed by atoms with E-state index in [1.165, 1.54) is 24.3 Å². The lowest BCUT2D eigenvalue weighted by molar-refractivity contribution is -0.384. The number of aromatic nitrogens is 1. The summed E-state index contributed by atoms with van der Waals surface area (Å²) in [4.78, 5) is 26.5. The molecule has 0 saturated heterocycles. The Morgan fingerprint density at radius 3 is 2.74 bits per heavy atom. The van der Waals surface area contributed by atoms with Gasteiger partial charge in [-0.1, -0.05) is 12.1 Å². The van der Waals surface area contributed by atoms with Gasteiger partial charge >= 0.3 is 6.03 Å². The summed E-state index contributed by atoms with van der Waals surface area (Å²) >= 11 is 0. The van der Waals surface area contributed by atoms with Crippen molar-refractivity contribution in [2.75, 3.05) is 11.9 Å². The minimum absolute atomic E-state index is 0.00168. The number of hydrogen-bond acceptors (Lipinski definition) is 5. The summed E-state index contributed by atoms with van der Waals surface area (Å²) < 4.78 is 5.55. The second-order valence-electron chi connectivity index (χ2n) is 5.96. The Bertz CT molecular complexity index is 954. The number of ether oxygens (including phenoxy) is 1. The SMILES string of the molecule is C[C@@H](COc1ccc([N+](=O)[O-])cc1)NC(=O)Nc1cccc2cnccc12. The molecule has 8 heteroatoms. The van der Waals surface area contributed by atoms with Crippen molar-refractivity contribution in [1.82, 2.24) is 10.3 Å². The van der Waals surface area contributed by atoms with Crippen molar-refractivity contribution >= 4 is 28.2 Å². The van der Waals surface area contributed by atoms with E-state index in [0.717, 1.165) is 10.8 Å². The van der Waals surface area contributed by atoms with Crippen LogP contribution in [0, 0.1) is 10.1 Å². The number of nitrogens with zero attached hydrogens (tertiary/aromatic N) is 2. The van der Waals surface area contributed by atoms with E-state index in [2.05, 4.69) is 15.6 Å². The number of amides is 2. The third-order valence-electron chi connectivity index (χ3n) is 3.85. The molecule has 3 aromatic rings. The number of urea groups is 1. The van der Waals surface area contributed by atoms with Gasteiger partial charge in [-0.3, -0.25) is 15.1 Å². The van der Waals surface area contributed by atoms with Crippen molar-refractivity contribution in [3.8, 4) is 5.75 Å². The molecule has 2 N–H and O–H groups in total. The molecule has 2 aromatic carbocycles.